The fourth-order valence-corrected chi connectivity index (χ4v) is 1.48. The standard InChI is InChI=1S/C11H13FN4O/c1-16-7-14-10(15-16)6-13-5-8-3-2-4-9(12)11(8)17/h2-4,7,13,17H,5-6H2,1H3. The maximum Gasteiger partial charge on any atom is 0.165 e. The largest absolute Gasteiger partial charge is 0.505 e. The van der Waals surface area contributed by atoms with Crippen molar-refractivity contribution in [3.63, 3.8) is 0 Å². The van der Waals surface area contributed by atoms with Gasteiger partial charge in [-0.15, -0.1) is 0 Å². The number of nitrogens with zero attached hydrogens (tertiary/aromatic N) is 3. The van der Waals surface area contributed by atoms with Crippen molar-refractivity contribution in [1.82, 2.24) is 20.1 Å². The van der Waals surface area contributed by atoms with E-state index in [1.54, 1.807) is 30.2 Å². The first-order valence-electron chi connectivity index (χ1n) is 5.18. The average molecular weight is 236 g/mol. The first-order valence-corrected chi connectivity index (χ1v) is 5.18. The molecule has 0 aliphatic heterocycles. The molecule has 5 nitrogen and oxygen atoms in total. The molecule has 2 N–H and O–H groups in total. The second kappa shape index (κ2) is 4.92. The molecule has 17 heavy (non-hydrogen) atoms. The lowest BCUT2D eigenvalue weighted by Gasteiger charge is -2.05. The topological polar surface area (TPSA) is 63.0 Å². The summed E-state index contributed by atoms with van der Waals surface area (Å²) in [6.07, 6.45) is 1.61. The highest BCUT2D eigenvalue weighted by Crippen LogP contribution is 2.20. The number of nitrogens with one attached hydrogen (secondary N) is 1. The summed E-state index contributed by atoms with van der Waals surface area (Å²) in [5.74, 6) is -0.266. The summed E-state index contributed by atoms with van der Waals surface area (Å²) in [4.78, 5) is 4.04. The van der Waals surface area contributed by atoms with Gasteiger partial charge < -0.3 is 10.4 Å². The molecule has 90 valence electrons. The van der Waals surface area contributed by atoms with E-state index in [0.717, 1.165) is 0 Å². The summed E-state index contributed by atoms with van der Waals surface area (Å²) in [5.41, 5.74) is 0.515. The van der Waals surface area contributed by atoms with Crippen LogP contribution in [-0.4, -0.2) is 19.9 Å². The fourth-order valence-electron chi connectivity index (χ4n) is 1.48. The quantitative estimate of drug-likeness (QED) is 0.829. The molecule has 0 saturated carbocycles. The number of phenolic OH excluding ortho intramolecular Hbond substituents is 1. The Morgan fingerprint density at radius 3 is 2.94 bits per heavy atom. The summed E-state index contributed by atoms with van der Waals surface area (Å²) in [5, 5.41) is 16.6. The molecule has 0 saturated heterocycles. The molecule has 2 rings (SSSR count). The van der Waals surface area contributed by atoms with Gasteiger partial charge in [-0.3, -0.25) is 4.68 Å². The van der Waals surface area contributed by atoms with Gasteiger partial charge in [-0.05, 0) is 6.07 Å². The Morgan fingerprint density at radius 1 is 1.41 bits per heavy atom. The van der Waals surface area contributed by atoms with Crippen LogP contribution in [0.1, 0.15) is 11.4 Å². The number of aromatic hydroxyl groups is 1. The third-order valence-electron chi connectivity index (χ3n) is 2.32. The Hall–Kier alpha value is -1.95. The number of halogens is 1. The van der Waals surface area contributed by atoms with Gasteiger partial charge in [0.1, 0.15) is 6.33 Å². The van der Waals surface area contributed by atoms with E-state index in [4.69, 9.17) is 0 Å². The van der Waals surface area contributed by atoms with E-state index >= 15 is 0 Å². The van der Waals surface area contributed by atoms with Gasteiger partial charge in [0.05, 0.1) is 6.54 Å². The lowest BCUT2D eigenvalue weighted by Crippen LogP contribution is -2.14. The minimum atomic E-state index is -0.611. The Kier molecular flexibility index (Phi) is 3.34. The number of hydrogen-bond donors (Lipinski definition) is 2. The van der Waals surface area contributed by atoms with Crippen LogP contribution in [0, 0.1) is 5.82 Å². The van der Waals surface area contributed by atoms with Crippen LogP contribution in [-0.2, 0) is 20.1 Å². The van der Waals surface area contributed by atoms with E-state index in [2.05, 4.69) is 15.4 Å². The molecule has 0 spiro atoms. The van der Waals surface area contributed by atoms with Crippen LogP contribution in [0.4, 0.5) is 4.39 Å². The molecule has 1 aromatic heterocycles. The zero-order valence-electron chi connectivity index (χ0n) is 9.39. The number of aromatic nitrogens is 3. The molecule has 1 aromatic carbocycles. The van der Waals surface area contributed by atoms with Gasteiger partial charge in [0.15, 0.2) is 17.4 Å². The molecule has 1 heterocycles. The lowest BCUT2D eigenvalue weighted by atomic mass is 10.2. The van der Waals surface area contributed by atoms with Gasteiger partial charge in [-0.2, -0.15) is 5.10 Å². The van der Waals surface area contributed by atoms with Crippen LogP contribution in [0.5, 0.6) is 5.75 Å². The number of rotatable bonds is 4. The highest BCUT2D eigenvalue weighted by Gasteiger charge is 2.06. The van der Waals surface area contributed by atoms with Crippen molar-refractivity contribution in [1.29, 1.82) is 0 Å². The van der Waals surface area contributed by atoms with Crippen molar-refractivity contribution >= 4 is 0 Å². The SMILES string of the molecule is Cn1cnc(CNCc2cccc(F)c2O)n1. The van der Waals surface area contributed by atoms with E-state index in [9.17, 15) is 9.50 Å². The predicted molar refractivity (Wildman–Crippen MR) is 59.6 cm³/mol. The first kappa shape index (κ1) is 11.5. The summed E-state index contributed by atoms with van der Waals surface area (Å²) in [7, 11) is 1.79. The van der Waals surface area contributed by atoms with Crippen LogP contribution < -0.4 is 5.32 Å². The molecular weight excluding hydrogens is 223 g/mol. The monoisotopic (exact) mass is 236 g/mol. The number of para-hydroxylation sites is 1. The number of aryl methyl sites for hydroxylation is 1. The van der Waals surface area contributed by atoms with Gasteiger partial charge in [-0.1, -0.05) is 12.1 Å². The minimum Gasteiger partial charge on any atom is -0.505 e. The van der Waals surface area contributed by atoms with E-state index in [1.165, 1.54) is 6.07 Å². The van der Waals surface area contributed by atoms with Crippen molar-refractivity contribution in [2.45, 2.75) is 13.1 Å². The fraction of sp³-hybridized carbons (Fsp3) is 0.273. The third kappa shape index (κ3) is 2.79. The molecule has 0 aliphatic carbocycles. The Balaban J connectivity index is 1.92. The molecule has 0 aliphatic rings. The van der Waals surface area contributed by atoms with Crippen LogP contribution in [0.25, 0.3) is 0 Å². The maximum absolute atomic E-state index is 13.0. The third-order valence-corrected chi connectivity index (χ3v) is 2.32. The highest BCUT2D eigenvalue weighted by atomic mass is 19.1. The predicted octanol–water partition coefficient (Wildman–Crippen LogP) is 0.950. The molecule has 0 bridgehead atoms. The number of benzene rings is 1. The van der Waals surface area contributed by atoms with E-state index < -0.39 is 5.82 Å². The van der Waals surface area contributed by atoms with E-state index in [0.29, 0.717) is 24.5 Å². The van der Waals surface area contributed by atoms with Gasteiger partial charge in [-0.25, -0.2) is 9.37 Å². The first-order chi connectivity index (χ1) is 8.16. The van der Waals surface area contributed by atoms with Gasteiger partial charge in [0, 0.05) is 19.2 Å². The summed E-state index contributed by atoms with van der Waals surface area (Å²) in [6.45, 7) is 0.832. The Labute approximate surface area is 97.9 Å². The average Bonchev–Trinajstić information content (AvgIpc) is 2.70. The van der Waals surface area contributed by atoms with Gasteiger partial charge in [0.2, 0.25) is 0 Å². The zero-order chi connectivity index (χ0) is 12.3. The zero-order valence-corrected chi connectivity index (χ0v) is 9.39. The van der Waals surface area contributed by atoms with Crippen molar-refractivity contribution < 1.29 is 9.50 Å². The molecule has 6 heteroatoms. The van der Waals surface area contributed by atoms with Crippen molar-refractivity contribution in [3.8, 4) is 5.75 Å². The minimum absolute atomic E-state index is 0.311. The number of hydrogen-bond acceptors (Lipinski definition) is 4. The van der Waals surface area contributed by atoms with Crippen molar-refractivity contribution in [2.24, 2.45) is 7.05 Å². The summed E-state index contributed by atoms with van der Waals surface area (Å²) < 4.78 is 14.6. The summed E-state index contributed by atoms with van der Waals surface area (Å²) >= 11 is 0. The molecule has 0 unspecified atom stereocenters. The lowest BCUT2D eigenvalue weighted by molar-refractivity contribution is 0.423. The second-order valence-corrected chi connectivity index (χ2v) is 3.69. The van der Waals surface area contributed by atoms with Crippen LogP contribution >= 0.6 is 0 Å². The highest BCUT2D eigenvalue weighted by molar-refractivity contribution is 5.33. The molecular formula is C11H13FN4O. The van der Waals surface area contributed by atoms with Crippen molar-refractivity contribution in [3.05, 3.63) is 41.7 Å². The van der Waals surface area contributed by atoms with Crippen LogP contribution in [0.3, 0.4) is 0 Å². The van der Waals surface area contributed by atoms with E-state index in [1.807, 2.05) is 0 Å². The molecule has 2 aromatic rings. The number of phenols is 1. The molecule has 0 atom stereocenters. The van der Waals surface area contributed by atoms with Crippen molar-refractivity contribution in [2.75, 3.05) is 0 Å². The van der Waals surface area contributed by atoms with Gasteiger partial charge >= 0.3 is 0 Å². The Morgan fingerprint density at radius 2 is 2.24 bits per heavy atom. The second-order valence-electron chi connectivity index (χ2n) is 3.69. The maximum atomic E-state index is 13.0. The normalized spacial score (nSPS) is 10.7. The Bertz CT molecular complexity index is 512. The molecule has 0 amide bonds. The van der Waals surface area contributed by atoms with Gasteiger partial charge in [0.25, 0.3) is 0 Å². The summed E-state index contributed by atoms with van der Waals surface area (Å²) in [6, 6.07) is 4.45. The van der Waals surface area contributed by atoms with Crippen LogP contribution in [0.15, 0.2) is 24.5 Å². The van der Waals surface area contributed by atoms with E-state index in [-0.39, 0.29) is 5.75 Å². The molecule has 0 radical (unpaired) electrons. The smallest absolute Gasteiger partial charge is 0.165 e. The van der Waals surface area contributed by atoms with Crippen LogP contribution in [0.2, 0.25) is 0 Å². The molecule has 0 fully saturated rings.